The van der Waals surface area contributed by atoms with Crippen LogP contribution in [0.4, 0.5) is 4.39 Å². The van der Waals surface area contributed by atoms with Crippen LogP contribution in [0.5, 0.6) is 0 Å². The maximum Gasteiger partial charge on any atom is 0.295 e. The average Bonchev–Trinajstić information content (AvgIpc) is 2.87. The molecule has 0 spiro atoms. The zero-order valence-electron chi connectivity index (χ0n) is 23.4. The number of methoxy groups -OCH3 is 1. The van der Waals surface area contributed by atoms with E-state index in [-0.39, 0.29) is 28.5 Å². The maximum absolute atomic E-state index is 13.7. The third-order valence-electron chi connectivity index (χ3n) is 6.96. The Kier molecular flexibility index (Phi) is 8.21. The zero-order chi connectivity index (χ0) is 28.6. The van der Waals surface area contributed by atoms with Crippen molar-refractivity contribution in [2.45, 2.75) is 70.3 Å². The van der Waals surface area contributed by atoms with Crippen LogP contribution in [0, 0.1) is 5.82 Å². The van der Waals surface area contributed by atoms with Crippen molar-refractivity contribution in [3.63, 3.8) is 0 Å². The summed E-state index contributed by atoms with van der Waals surface area (Å²) >= 11 is 0. The minimum atomic E-state index is -4.56. The minimum Gasteiger partial charge on any atom is -0.369 e. The van der Waals surface area contributed by atoms with Crippen molar-refractivity contribution in [1.82, 2.24) is 9.97 Å². The summed E-state index contributed by atoms with van der Waals surface area (Å²) in [5.41, 5.74) is 4.61. The molecule has 1 heterocycles. The van der Waals surface area contributed by atoms with E-state index in [4.69, 9.17) is 14.7 Å². The van der Waals surface area contributed by atoms with Crippen molar-refractivity contribution in [3.05, 3.63) is 88.5 Å². The average molecular weight is 551 g/mol. The molecule has 39 heavy (non-hydrogen) atoms. The lowest BCUT2D eigenvalue weighted by Gasteiger charge is -2.27. The summed E-state index contributed by atoms with van der Waals surface area (Å²) in [5.74, 6) is -0.359. The predicted molar refractivity (Wildman–Crippen MR) is 152 cm³/mol. The number of ether oxygens (including phenoxy) is 1. The van der Waals surface area contributed by atoms with Gasteiger partial charge in [-0.25, -0.2) is 14.4 Å². The molecule has 4 rings (SSSR count). The molecule has 1 atom stereocenters. The molecule has 6 nitrogen and oxygen atoms in total. The van der Waals surface area contributed by atoms with Crippen LogP contribution in [0.2, 0.25) is 0 Å². The molecule has 0 radical (unpaired) electrons. The van der Waals surface area contributed by atoms with Crippen LogP contribution in [0.25, 0.3) is 22.2 Å². The Balaban J connectivity index is 2.19. The van der Waals surface area contributed by atoms with Gasteiger partial charge in [0.15, 0.2) is 5.82 Å². The second-order valence-corrected chi connectivity index (χ2v) is 12.1. The number of rotatable bonds is 8. The second-order valence-electron chi connectivity index (χ2n) is 10.7. The van der Waals surface area contributed by atoms with E-state index in [0.717, 1.165) is 10.9 Å². The summed E-state index contributed by atoms with van der Waals surface area (Å²) in [5, 5.41) is 0.748. The van der Waals surface area contributed by atoms with E-state index in [1.807, 2.05) is 58.0 Å². The molecule has 8 heteroatoms. The van der Waals surface area contributed by atoms with Gasteiger partial charge in [-0.3, -0.25) is 4.55 Å². The quantitative estimate of drug-likeness (QED) is 0.225. The number of benzene rings is 3. The third-order valence-corrected chi connectivity index (χ3v) is 7.93. The van der Waals surface area contributed by atoms with Crippen molar-refractivity contribution in [3.8, 4) is 11.3 Å². The first kappa shape index (κ1) is 28.8. The molecule has 206 valence electrons. The SMILES string of the molecule is COC(c1ccc(F)cc1)c1nc(-c2c(C(C)C)cc(C(C)C)c(S(=O)(=O)O)c2C(C)C)c2ccccc2n1. The molecule has 1 aromatic heterocycles. The van der Waals surface area contributed by atoms with Crippen LogP contribution < -0.4 is 0 Å². The second kappa shape index (κ2) is 11.1. The van der Waals surface area contributed by atoms with E-state index < -0.39 is 16.2 Å². The number of halogens is 1. The first-order valence-corrected chi connectivity index (χ1v) is 14.5. The maximum atomic E-state index is 13.7. The Labute approximate surface area is 230 Å². The van der Waals surface area contributed by atoms with E-state index >= 15 is 0 Å². The van der Waals surface area contributed by atoms with Gasteiger partial charge in [0.2, 0.25) is 0 Å². The fourth-order valence-corrected chi connectivity index (χ4v) is 6.36. The van der Waals surface area contributed by atoms with Crippen LogP contribution in [0.15, 0.2) is 59.5 Å². The van der Waals surface area contributed by atoms with E-state index in [2.05, 4.69) is 13.8 Å². The molecular weight excluding hydrogens is 515 g/mol. The molecule has 1 N–H and O–H groups in total. The van der Waals surface area contributed by atoms with Crippen molar-refractivity contribution in [2.24, 2.45) is 0 Å². The molecular formula is C31H35FN2O4S. The summed E-state index contributed by atoms with van der Waals surface area (Å²) in [6.45, 7) is 11.8. The highest BCUT2D eigenvalue weighted by Gasteiger charge is 2.32. The van der Waals surface area contributed by atoms with Crippen molar-refractivity contribution in [1.29, 1.82) is 0 Å². The fraction of sp³-hybridized carbons (Fsp3) is 0.355. The summed E-state index contributed by atoms with van der Waals surface area (Å²) in [7, 11) is -3.02. The molecule has 0 saturated heterocycles. The summed E-state index contributed by atoms with van der Waals surface area (Å²) in [6.07, 6.45) is -0.685. The summed E-state index contributed by atoms with van der Waals surface area (Å²) < 4.78 is 55.8. The summed E-state index contributed by atoms with van der Waals surface area (Å²) in [6, 6.07) is 15.4. The van der Waals surface area contributed by atoms with Gasteiger partial charge in [-0.15, -0.1) is 0 Å². The number of hydrogen-bond acceptors (Lipinski definition) is 5. The monoisotopic (exact) mass is 550 g/mol. The van der Waals surface area contributed by atoms with Crippen LogP contribution in [0.3, 0.4) is 0 Å². The topological polar surface area (TPSA) is 89.4 Å². The highest BCUT2D eigenvalue weighted by molar-refractivity contribution is 7.86. The molecule has 3 aromatic carbocycles. The van der Waals surface area contributed by atoms with Gasteiger partial charge in [0, 0.05) is 18.1 Å². The lowest BCUT2D eigenvalue weighted by atomic mass is 9.82. The van der Waals surface area contributed by atoms with Gasteiger partial charge in [-0.2, -0.15) is 8.42 Å². The molecule has 0 fully saturated rings. The lowest BCUT2D eigenvalue weighted by Crippen LogP contribution is -2.15. The Morgan fingerprint density at radius 2 is 1.46 bits per heavy atom. The van der Waals surface area contributed by atoms with Crippen molar-refractivity contribution >= 4 is 21.0 Å². The molecule has 0 amide bonds. The Hall–Kier alpha value is -3.20. The number of para-hydroxylation sites is 1. The van der Waals surface area contributed by atoms with Gasteiger partial charge in [-0.05, 0) is 58.2 Å². The summed E-state index contributed by atoms with van der Waals surface area (Å²) in [4.78, 5) is 9.76. The third kappa shape index (κ3) is 5.60. The van der Waals surface area contributed by atoms with Gasteiger partial charge in [0.05, 0.1) is 11.2 Å². The highest BCUT2D eigenvalue weighted by Crippen LogP contribution is 2.45. The predicted octanol–water partition coefficient (Wildman–Crippen LogP) is 7.79. The molecule has 0 aliphatic carbocycles. The van der Waals surface area contributed by atoms with Crippen LogP contribution in [-0.4, -0.2) is 30.0 Å². The van der Waals surface area contributed by atoms with E-state index in [1.165, 1.54) is 12.1 Å². The normalized spacial score (nSPS) is 13.1. The van der Waals surface area contributed by atoms with Gasteiger partial charge >= 0.3 is 0 Å². The van der Waals surface area contributed by atoms with Crippen molar-refractivity contribution in [2.75, 3.05) is 7.11 Å². The Bertz CT molecular complexity index is 1610. The largest absolute Gasteiger partial charge is 0.369 e. The minimum absolute atomic E-state index is 0.0259. The first-order chi connectivity index (χ1) is 18.3. The standard InChI is InChI=1S/C31H35FN2O4S/c1-17(2)23-16-24(18(3)4)30(39(35,36)37)26(19(5)6)27(23)28-22-10-8-9-11-25(22)33-31(34-28)29(38-7)20-12-14-21(32)15-13-20/h8-19,29H,1-7H3,(H,35,36,37). The Morgan fingerprint density at radius 1 is 0.846 bits per heavy atom. The lowest BCUT2D eigenvalue weighted by molar-refractivity contribution is 0.129. The van der Waals surface area contributed by atoms with Crippen LogP contribution in [0.1, 0.15) is 93.5 Å². The van der Waals surface area contributed by atoms with E-state index in [0.29, 0.717) is 39.3 Å². The van der Waals surface area contributed by atoms with E-state index in [1.54, 1.807) is 19.2 Å². The molecule has 0 aliphatic heterocycles. The number of hydrogen-bond donors (Lipinski definition) is 1. The van der Waals surface area contributed by atoms with Gasteiger partial charge in [0.1, 0.15) is 16.8 Å². The molecule has 0 aliphatic rings. The molecule has 4 aromatic rings. The number of aromatic nitrogens is 2. The molecule has 0 saturated carbocycles. The molecule has 1 unspecified atom stereocenters. The Morgan fingerprint density at radius 3 is 2.00 bits per heavy atom. The van der Waals surface area contributed by atoms with Crippen LogP contribution in [-0.2, 0) is 14.9 Å². The number of fused-ring (bicyclic) bond motifs is 1. The highest BCUT2D eigenvalue weighted by atomic mass is 32.2. The van der Waals surface area contributed by atoms with Crippen molar-refractivity contribution < 1.29 is 22.1 Å². The van der Waals surface area contributed by atoms with E-state index in [9.17, 15) is 17.4 Å². The van der Waals surface area contributed by atoms with Gasteiger partial charge < -0.3 is 4.74 Å². The smallest absolute Gasteiger partial charge is 0.295 e. The van der Waals surface area contributed by atoms with Gasteiger partial charge in [0.25, 0.3) is 10.1 Å². The zero-order valence-corrected chi connectivity index (χ0v) is 24.2. The number of nitrogens with zero attached hydrogens (tertiary/aromatic N) is 2. The first-order valence-electron chi connectivity index (χ1n) is 13.1. The fourth-order valence-electron chi connectivity index (χ4n) is 5.15. The molecule has 0 bridgehead atoms. The van der Waals surface area contributed by atoms with Gasteiger partial charge in [-0.1, -0.05) is 77.9 Å². The van der Waals surface area contributed by atoms with Crippen LogP contribution >= 0.6 is 0 Å².